The van der Waals surface area contributed by atoms with Crippen LogP contribution in [0.25, 0.3) is 0 Å². The number of thioether (sulfide) groups is 1. The Labute approximate surface area is 89.5 Å². The van der Waals surface area contributed by atoms with Gasteiger partial charge < -0.3 is 9.47 Å². The molecule has 2 unspecified atom stereocenters. The highest BCUT2D eigenvalue weighted by Crippen LogP contribution is 2.29. The molecule has 1 heterocycles. The second-order valence-electron chi connectivity index (χ2n) is 4.39. The zero-order chi connectivity index (χ0) is 10.8. The second-order valence-corrected chi connectivity index (χ2v) is 5.58. The summed E-state index contributed by atoms with van der Waals surface area (Å²) in [4.78, 5) is 11.5. The van der Waals surface area contributed by atoms with Crippen LogP contribution in [-0.4, -0.2) is 23.4 Å². The Balaban J connectivity index is 2.36. The molecule has 0 aromatic rings. The molecule has 2 atom stereocenters. The number of carbonyl (C=O) groups excluding carboxylic acids is 1. The van der Waals surface area contributed by atoms with Crippen LogP contribution in [0.15, 0.2) is 0 Å². The molecule has 3 nitrogen and oxygen atoms in total. The van der Waals surface area contributed by atoms with E-state index in [2.05, 4.69) is 6.92 Å². The second kappa shape index (κ2) is 4.53. The molecule has 0 aromatic carbocycles. The number of ether oxygens (including phenoxy) is 2. The number of hydrogen-bond donors (Lipinski definition) is 0. The quantitative estimate of drug-likeness (QED) is 0.667. The molecule has 0 bridgehead atoms. The first-order valence-electron chi connectivity index (χ1n) is 4.91. The highest BCUT2D eigenvalue weighted by atomic mass is 32.2. The third-order valence-electron chi connectivity index (χ3n) is 1.91. The molecule has 1 aliphatic rings. The largest absolute Gasteiger partial charge is 0.434 e. The van der Waals surface area contributed by atoms with Crippen LogP contribution in [0.2, 0.25) is 0 Å². The first-order chi connectivity index (χ1) is 6.43. The molecule has 82 valence electrons. The fourth-order valence-electron chi connectivity index (χ4n) is 1.01. The van der Waals surface area contributed by atoms with Gasteiger partial charge in [0, 0.05) is 0 Å². The first-order valence-corrected chi connectivity index (χ1v) is 5.96. The summed E-state index contributed by atoms with van der Waals surface area (Å²) in [6.45, 7) is 7.59. The van der Waals surface area contributed by atoms with Gasteiger partial charge in [-0.05, 0) is 27.2 Å². The molecule has 0 aliphatic carbocycles. The minimum absolute atomic E-state index is 0.188. The predicted molar refractivity (Wildman–Crippen MR) is 57.0 cm³/mol. The summed E-state index contributed by atoms with van der Waals surface area (Å²) in [5, 5.41) is 0. The maximum Gasteiger partial charge on any atom is 0.313 e. The topological polar surface area (TPSA) is 35.5 Å². The van der Waals surface area contributed by atoms with Crippen molar-refractivity contribution in [3.8, 4) is 0 Å². The van der Waals surface area contributed by atoms with Crippen LogP contribution in [0.1, 0.15) is 34.1 Å². The van der Waals surface area contributed by atoms with E-state index in [0.717, 1.165) is 12.2 Å². The van der Waals surface area contributed by atoms with Crippen LogP contribution in [0.5, 0.6) is 0 Å². The Morgan fingerprint density at radius 2 is 2.21 bits per heavy atom. The third kappa shape index (κ3) is 3.17. The van der Waals surface area contributed by atoms with E-state index in [1.165, 1.54) is 0 Å². The molecular formula is C10H18O3S. The van der Waals surface area contributed by atoms with Crippen molar-refractivity contribution in [2.75, 3.05) is 5.75 Å². The Morgan fingerprint density at radius 1 is 1.57 bits per heavy atom. The zero-order valence-electron chi connectivity index (χ0n) is 9.20. The molecule has 0 saturated carbocycles. The number of rotatable bonds is 2. The van der Waals surface area contributed by atoms with E-state index in [-0.39, 0.29) is 17.7 Å². The van der Waals surface area contributed by atoms with E-state index in [4.69, 9.17) is 9.47 Å². The van der Waals surface area contributed by atoms with Gasteiger partial charge in [-0.3, -0.25) is 4.79 Å². The van der Waals surface area contributed by atoms with Crippen molar-refractivity contribution in [1.82, 2.24) is 0 Å². The summed E-state index contributed by atoms with van der Waals surface area (Å²) in [6.07, 6.45) is 0.602. The van der Waals surface area contributed by atoms with Crippen LogP contribution in [0.4, 0.5) is 0 Å². The molecule has 1 aliphatic heterocycles. The predicted octanol–water partition coefficient (Wildman–Crippen LogP) is 2.40. The van der Waals surface area contributed by atoms with E-state index in [0.29, 0.717) is 0 Å². The van der Waals surface area contributed by atoms with Crippen LogP contribution in [0, 0.1) is 5.41 Å². The van der Waals surface area contributed by atoms with Gasteiger partial charge in [0.05, 0.1) is 11.2 Å². The SMILES string of the molecule is CCC1OC(OC(=O)C(C)(C)C)CS1. The summed E-state index contributed by atoms with van der Waals surface area (Å²) < 4.78 is 10.7. The van der Waals surface area contributed by atoms with E-state index in [1.807, 2.05) is 20.8 Å². The highest BCUT2D eigenvalue weighted by molar-refractivity contribution is 8.00. The number of esters is 1. The van der Waals surface area contributed by atoms with Gasteiger partial charge in [0.1, 0.15) is 5.44 Å². The summed E-state index contributed by atoms with van der Waals surface area (Å²) >= 11 is 1.70. The van der Waals surface area contributed by atoms with Gasteiger partial charge in [-0.2, -0.15) is 0 Å². The van der Waals surface area contributed by atoms with Crippen LogP contribution >= 0.6 is 11.8 Å². The summed E-state index contributed by atoms with van der Waals surface area (Å²) in [5.74, 6) is 0.556. The minimum atomic E-state index is -0.446. The molecule has 14 heavy (non-hydrogen) atoms. The smallest absolute Gasteiger partial charge is 0.313 e. The van der Waals surface area contributed by atoms with Gasteiger partial charge >= 0.3 is 5.97 Å². The van der Waals surface area contributed by atoms with E-state index >= 15 is 0 Å². The fraction of sp³-hybridized carbons (Fsp3) is 0.900. The first kappa shape index (κ1) is 11.9. The van der Waals surface area contributed by atoms with E-state index in [9.17, 15) is 4.79 Å². The van der Waals surface area contributed by atoms with Gasteiger partial charge in [0.15, 0.2) is 0 Å². The average Bonchev–Trinajstić information content (AvgIpc) is 2.50. The van der Waals surface area contributed by atoms with Crippen LogP contribution in [0.3, 0.4) is 0 Å². The summed E-state index contributed by atoms with van der Waals surface area (Å²) in [5.41, 5.74) is -0.258. The van der Waals surface area contributed by atoms with Crippen molar-refractivity contribution in [3.05, 3.63) is 0 Å². The van der Waals surface area contributed by atoms with E-state index in [1.54, 1.807) is 11.8 Å². The normalized spacial score (nSPS) is 27.7. The highest BCUT2D eigenvalue weighted by Gasteiger charge is 2.31. The van der Waals surface area contributed by atoms with Crippen molar-refractivity contribution in [2.45, 2.75) is 45.8 Å². The maximum absolute atomic E-state index is 11.5. The molecule has 0 spiro atoms. The van der Waals surface area contributed by atoms with Crippen molar-refractivity contribution in [2.24, 2.45) is 5.41 Å². The molecule has 0 N–H and O–H groups in total. The standard InChI is InChI=1S/C10H18O3S/c1-5-8-12-7(6-14-8)13-9(11)10(2,3)4/h7-8H,5-6H2,1-4H3. The monoisotopic (exact) mass is 218 g/mol. The lowest BCUT2D eigenvalue weighted by Gasteiger charge is -2.19. The van der Waals surface area contributed by atoms with Crippen molar-refractivity contribution < 1.29 is 14.3 Å². The Hall–Kier alpha value is -0.220. The third-order valence-corrected chi connectivity index (χ3v) is 3.19. The van der Waals surface area contributed by atoms with E-state index < -0.39 is 5.41 Å². The fourth-order valence-corrected chi connectivity index (χ4v) is 1.96. The summed E-state index contributed by atoms with van der Waals surface area (Å²) in [6, 6.07) is 0. The van der Waals surface area contributed by atoms with Gasteiger partial charge in [0.2, 0.25) is 6.29 Å². The zero-order valence-corrected chi connectivity index (χ0v) is 10.0. The lowest BCUT2D eigenvalue weighted by atomic mass is 9.97. The van der Waals surface area contributed by atoms with Crippen molar-refractivity contribution in [3.63, 3.8) is 0 Å². The van der Waals surface area contributed by atoms with Crippen molar-refractivity contribution >= 4 is 17.7 Å². The van der Waals surface area contributed by atoms with Gasteiger partial charge in [-0.25, -0.2) is 0 Å². The molecule has 4 heteroatoms. The molecular weight excluding hydrogens is 200 g/mol. The molecule has 1 fully saturated rings. The van der Waals surface area contributed by atoms with Gasteiger partial charge in [-0.15, -0.1) is 11.8 Å². The van der Waals surface area contributed by atoms with Crippen LogP contribution < -0.4 is 0 Å². The molecule has 1 saturated heterocycles. The molecule has 0 amide bonds. The average molecular weight is 218 g/mol. The van der Waals surface area contributed by atoms with Gasteiger partial charge in [-0.1, -0.05) is 6.92 Å². The Kier molecular flexibility index (Phi) is 3.84. The molecule has 1 rings (SSSR count). The minimum Gasteiger partial charge on any atom is -0.434 e. The number of hydrogen-bond acceptors (Lipinski definition) is 4. The van der Waals surface area contributed by atoms with Gasteiger partial charge in [0.25, 0.3) is 0 Å². The lowest BCUT2D eigenvalue weighted by molar-refractivity contribution is -0.182. The van der Waals surface area contributed by atoms with Crippen LogP contribution in [-0.2, 0) is 14.3 Å². The Morgan fingerprint density at radius 3 is 2.64 bits per heavy atom. The van der Waals surface area contributed by atoms with Crippen molar-refractivity contribution in [1.29, 1.82) is 0 Å². The Bertz CT molecular complexity index is 210. The number of carbonyl (C=O) groups is 1. The molecule has 0 aromatic heterocycles. The maximum atomic E-state index is 11.5. The lowest BCUT2D eigenvalue weighted by Crippen LogP contribution is -2.29. The molecule has 0 radical (unpaired) electrons. The summed E-state index contributed by atoms with van der Waals surface area (Å²) in [7, 11) is 0.